The van der Waals surface area contributed by atoms with Crippen molar-refractivity contribution < 1.29 is 0 Å². The van der Waals surface area contributed by atoms with E-state index in [2.05, 4.69) is 5.32 Å². The van der Waals surface area contributed by atoms with Crippen molar-refractivity contribution in [1.29, 1.82) is 0 Å². The first-order valence-electron chi connectivity index (χ1n) is 4.32. The van der Waals surface area contributed by atoms with Gasteiger partial charge in [0.05, 0.1) is 0 Å². The molecule has 2 aromatic carbocycles. The normalized spacial score (nSPS) is 8.86. The molecule has 0 aliphatic rings. The first-order chi connectivity index (χ1) is 6.45. The predicted molar refractivity (Wildman–Crippen MR) is 63.3 cm³/mol. The molecule has 2 heteroatoms. The largest absolute Gasteiger partial charge is 0.356 e. The van der Waals surface area contributed by atoms with E-state index in [4.69, 9.17) is 0 Å². The van der Waals surface area contributed by atoms with E-state index in [-0.39, 0.29) is 29.6 Å². The molecule has 2 rings (SSSR count). The second kappa shape index (κ2) is 5.86. The number of nitrogens with one attached hydrogen (secondary N) is 1. The molecule has 0 radical (unpaired) electrons. The van der Waals surface area contributed by atoms with Crippen molar-refractivity contribution in [1.82, 2.24) is 0 Å². The molecule has 66 valence electrons. The third-order valence-electron chi connectivity index (χ3n) is 1.84. The number of rotatable bonds is 2. The molecule has 0 fully saturated rings. The average molecular weight is 193 g/mol. The van der Waals surface area contributed by atoms with Gasteiger partial charge in [-0.2, -0.15) is 0 Å². The first-order valence-corrected chi connectivity index (χ1v) is 4.32. The van der Waals surface area contributed by atoms with E-state index >= 15 is 0 Å². The van der Waals surface area contributed by atoms with Crippen molar-refractivity contribution in [2.45, 2.75) is 0 Å². The molecule has 14 heavy (non-hydrogen) atoms. The smallest absolute Gasteiger partial charge is 0.0384 e. The molecule has 0 saturated carbocycles. The summed E-state index contributed by atoms with van der Waals surface area (Å²) >= 11 is 0. The Morgan fingerprint density at radius 2 is 0.929 bits per heavy atom. The Morgan fingerprint density at radius 1 is 0.571 bits per heavy atom. The van der Waals surface area contributed by atoms with Crippen LogP contribution in [0.5, 0.6) is 0 Å². The Labute approximate surface area is 106 Å². The predicted octanol–water partition coefficient (Wildman–Crippen LogP) is 2.78. The number of benzene rings is 2. The van der Waals surface area contributed by atoms with Gasteiger partial charge >= 0.3 is 29.6 Å². The van der Waals surface area contributed by atoms with Crippen molar-refractivity contribution in [2.75, 3.05) is 5.32 Å². The Kier molecular flexibility index (Phi) is 4.74. The number of hydrogen-bond donors (Lipinski definition) is 1. The van der Waals surface area contributed by atoms with Crippen LogP contribution in [0.15, 0.2) is 60.7 Å². The monoisotopic (exact) mass is 193 g/mol. The van der Waals surface area contributed by atoms with Gasteiger partial charge in [-0.3, -0.25) is 0 Å². The Hall–Kier alpha value is -0.760. The Morgan fingerprint density at radius 3 is 1.29 bits per heavy atom. The molecule has 1 nitrogen and oxygen atoms in total. The van der Waals surface area contributed by atoms with Crippen LogP contribution in [0.25, 0.3) is 0 Å². The quantitative estimate of drug-likeness (QED) is 0.723. The molecule has 0 aliphatic carbocycles. The van der Waals surface area contributed by atoms with Crippen molar-refractivity contribution in [3.05, 3.63) is 60.7 Å². The van der Waals surface area contributed by atoms with E-state index in [1.54, 1.807) is 0 Å². The minimum atomic E-state index is 0. The van der Waals surface area contributed by atoms with Crippen LogP contribution >= 0.6 is 0 Å². The molecule has 1 N–H and O–H groups in total. The summed E-state index contributed by atoms with van der Waals surface area (Å²) in [6.45, 7) is 0. The van der Waals surface area contributed by atoms with Crippen LogP contribution in [0.2, 0.25) is 0 Å². The number of anilines is 2. The van der Waals surface area contributed by atoms with E-state index in [0.29, 0.717) is 0 Å². The van der Waals surface area contributed by atoms with E-state index in [1.807, 2.05) is 60.7 Å². The van der Waals surface area contributed by atoms with Crippen LogP contribution in [0.4, 0.5) is 11.4 Å². The summed E-state index contributed by atoms with van der Waals surface area (Å²) in [5, 5.41) is 3.30. The van der Waals surface area contributed by atoms with E-state index in [9.17, 15) is 0 Å². The van der Waals surface area contributed by atoms with Gasteiger partial charge in [0.25, 0.3) is 0 Å². The van der Waals surface area contributed by atoms with Crippen LogP contribution in [-0.4, -0.2) is 29.6 Å². The molecule has 0 saturated heterocycles. The molecule has 0 aromatic heterocycles. The minimum absolute atomic E-state index is 0. The summed E-state index contributed by atoms with van der Waals surface area (Å²) in [5.74, 6) is 0. The minimum Gasteiger partial charge on any atom is -0.356 e. The van der Waals surface area contributed by atoms with Crippen molar-refractivity contribution in [2.24, 2.45) is 0 Å². The van der Waals surface area contributed by atoms with Crippen LogP contribution in [0.3, 0.4) is 0 Å². The maximum absolute atomic E-state index is 3.30. The second-order valence-electron chi connectivity index (χ2n) is 2.86. The SMILES string of the molecule is [NaH].c1ccc(Nc2ccccc2)cc1. The van der Waals surface area contributed by atoms with Gasteiger partial charge in [-0.25, -0.2) is 0 Å². The van der Waals surface area contributed by atoms with Gasteiger partial charge in [-0.15, -0.1) is 0 Å². The third-order valence-corrected chi connectivity index (χ3v) is 1.84. The van der Waals surface area contributed by atoms with Crippen LogP contribution in [0, 0.1) is 0 Å². The van der Waals surface area contributed by atoms with Crippen LogP contribution in [-0.2, 0) is 0 Å². The number of hydrogen-bond acceptors (Lipinski definition) is 1. The summed E-state index contributed by atoms with van der Waals surface area (Å²) in [4.78, 5) is 0. The maximum atomic E-state index is 3.30. The van der Waals surface area contributed by atoms with E-state index in [0.717, 1.165) is 11.4 Å². The fraction of sp³-hybridized carbons (Fsp3) is 0. The topological polar surface area (TPSA) is 12.0 Å². The van der Waals surface area contributed by atoms with Gasteiger partial charge in [-0.1, -0.05) is 36.4 Å². The summed E-state index contributed by atoms with van der Waals surface area (Å²) in [6.07, 6.45) is 0. The van der Waals surface area contributed by atoms with Crippen LogP contribution < -0.4 is 5.32 Å². The fourth-order valence-corrected chi connectivity index (χ4v) is 1.21. The Bertz CT molecular complexity index is 321. The zero-order valence-corrected chi connectivity index (χ0v) is 7.27. The van der Waals surface area contributed by atoms with Gasteiger partial charge in [0.1, 0.15) is 0 Å². The molecule has 0 amide bonds. The average Bonchev–Trinajstić information content (AvgIpc) is 2.21. The summed E-state index contributed by atoms with van der Waals surface area (Å²) in [7, 11) is 0. The standard InChI is InChI=1S/C12H11N.Na.H/c1-3-7-11(8-4-1)13-12-9-5-2-6-10-12;;/h1-10,13H;;. The molecular formula is C12H12NNa. The summed E-state index contributed by atoms with van der Waals surface area (Å²) in [6, 6.07) is 20.3. The molecule has 0 bridgehead atoms. The van der Waals surface area contributed by atoms with Crippen molar-refractivity contribution >= 4 is 40.9 Å². The molecule has 0 unspecified atom stereocenters. The third kappa shape index (κ3) is 3.18. The summed E-state index contributed by atoms with van der Waals surface area (Å²) in [5.41, 5.74) is 2.24. The van der Waals surface area contributed by atoms with Gasteiger partial charge in [0.2, 0.25) is 0 Å². The van der Waals surface area contributed by atoms with Gasteiger partial charge in [0.15, 0.2) is 0 Å². The van der Waals surface area contributed by atoms with Gasteiger partial charge in [0, 0.05) is 11.4 Å². The molecule has 2 aromatic rings. The fourth-order valence-electron chi connectivity index (χ4n) is 1.21. The first kappa shape index (κ1) is 11.3. The van der Waals surface area contributed by atoms with Crippen molar-refractivity contribution in [3.8, 4) is 0 Å². The molecule has 0 heterocycles. The second-order valence-corrected chi connectivity index (χ2v) is 2.86. The Balaban J connectivity index is 0.000000980. The van der Waals surface area contributed by atoms with E-state index in [1.165, 1.54) is 0 Å². The van der Waals surface area contributed by atoms with Gasteiger partial charge in [-0.05, 0) is 24.3 Å². The molecule has 0 atom stereocenters. The zero-order valence-electron chi connectivity index (χ0n) is 7.27. The zero-order chi connectivity index (χ0) is 8.93. The molecular weight excluding hydrogens is 181 g/mol. The number of para-hydroxylation sites is 2. The van der Waals surface area contributed by atoms with E-state index < -0.39 is 0 Å². The molecule has 0 spiro atoms. The van der Waals surface area contributed by atoms with Crippen molar-refractivity contribution in [3.63, 3.8) is 0 Å². The maximum Gasteiger partial charge on any atom is 0.0384 e. The van der Waals surface area contributed by atoms with Crippen LogP contribution in [0.1, 0.15) is 0 Å². The molecule has 0 aliphatic heterocycles. The van der Waals surface area contributed by atoms with Gasteiger partial charge < -0.3 is 5.32 Å². The summed E-state index contributed by atoms with van der Waals surface area (Å²) < 4.78 is 0.